The zero-order valence-corrected chi connectivity index (χ0v) is 12.8. The van der Waals surface area contributed by atoms with Crippen molar-refractivity contribution in [3.05, 3.63) is 35.9 Å². The maximum atomic E-state index is 7.03. The Balaban J connectivity index is 3.06. The minimum Gasteiger partial charge on any atom is -0.166 e. The molecule has 0 N–H and O–H groups in total. The van der Waals surface area contributed by atoms with Crippen LogP contribution >= 0.6 is 11.1 Å². The first-order chi connectivity index (χ1) is 7.40. The maximum Gasteiger partial charge on any atom is 0.168 e. The van der Waals surface area contributed by atoms with Crippen LogP contribution in [0.5, 0.6) is 0 Å². The molecule has 0 bridgehead atoms. The summed E-state index contributed by atoms with van der Waals surface area (Å²) < 4.78 is 0. The van der Waals surface area contributed by atoms with Gasteiger partial charge in [-0.15, -0.1) is 0 Å². The quantitative estimate of drug-likeness (QED) is 0.503. The molecule has 0 aromatic heterocycles. The lowest BCUT2D eigenvalue weighted by Crippen LogP contribution is -2.41. The summed E-state index contributed by atoms with van der Waals surface area (Å²) in [5.74, 6) is 0. The Bertz CT molecular complexity index is 311. The van der Waals surface area contributed by atoms with Crippen molar-refractivity contribution in [3.63, 3.8) is 0 Å². The Kier molecular flexibility index (Phi) is 4.63. The molecule has 0 aliphatic carbocycles. The predicted molar refractivity (Wildman–Crippen MR) is 76.7 cm³/mol. The van der Waals surface area contributed by atoms with E-state index in [0.717, 1.165) is 0 Å². The van der Waals surface area contributed by atoms with Gasteiger partial charge in [-0.25, -0.2) is 0 Å². The van der Waals surface area contributed by atoms with E-state index in [-0.39, 0.29) is 0 Å². The molecule has 16 heavy (non-hydrogen) atoms. The molecule has 0 saturated carbocycles. The molecule has 0 aliphatic rings. The van der Waals surface area contributed by atoms with Crippen molar-refractivity contribution in [2.24, 2.45) is 0 Å². The van der Waals surface area contributed by atoms with E-state index < -0.39 is 7.38 Å². The molecule has 0 aliphatic heterocycles. The average molecular weight is 255 g/mol. The van der Waals surface area contributed by atoms with Crippen LogP contribution in [0.25, 0.3) is 0 Å². The molecule has 1 atom stereocenters. The van der Waals surface area contributed by atoms with Gasteiger partial charge in [0.05, 0.1) is 0 Å². The minimum absolute atomic E-state index is 0.510. The molecule has 2 heteroatoms. The predicted octanol–water partition coefficient (Wildman–Crippen LogP) is 5.33. The van der Waals surface area contributed by atoms with Gasteiger partial charge in [0.2, 0.25) is 0 Å². The van der Waals surface area contributed by atoms with Crippen LogP contribution in [0.4, 0.5) is 0 Å². The Morgan fingerprint density at radius 1 is 0.875 bits per heavy atom. The van der Waals surface area contributed by atoms with Crippen LogP contribution in [0.15, 0.2) is 30.3 Å². The van der Waals surface area contributed by atoms with Crippen LogP contribution in [-0.4, -0.2) is 7.38 Å². The number of hydrogen-bond donors (Lipinski definition) is 0. The summed E-state index contributed by atoms with van der Waals surface area (Å²) in [4.78, 5) is 0. The van der Waals surface area contributed by atoms with Crippen LogP contribution in [-0.2, 0) is 0 Å². The Labute approximate surface area is 106 Å². The van der Waals surface area contributed by atoms with Crippen LogP contribution in [0.3, 0.4) is 0 Å². The van der Waals surface area contributed by atoms with Gasteiger partial charge in [0.25, 0.3) is 0 Å². The van der Waals surface area contributed by atoms with Crippen molar-refractivity contribution in [1.29, 1.82) is 0 Å². The standard InChI is InChI=1S/C14H23ClSi/c1-11(2)16(15,12(3)4)13(5)14-9-7-6-8-10-14/h6-13H,1-5H3. The third-order valence-electron chi connectivity index (χ3n) is 3.73. The molecule has 0 nitrogen and oxygen atoms in total. The fourth-order valence-electron chi connectivity index (χ4n) is 2.66. The van der Waals surface area contributed by atoms with Crippen molar-refractivity contribution < 1.29 is 0 Å². The average Bonchev–Trinajstić information content (AvgIpc) is 2.27. The summed E-state index contributed by atoms with van der Waals surface area (Å²) in [6.07, 6.45) is 0. The molecule has 0 amide bonds. The molecular weight excluding hydrogens is 232 g/mol. The van der Waals surface area contributed by atoms with Crippen LogP contribution in [0, 0.1) is 0 Å². The van der Waals surface area contributed by atoms with E-state index >= 15 is 0 Å². The van der Waals surface area contributed by atoms with Gasteiger partial charge in [-0.2, -0.15) is 11.1 Å². The Hall–Kier alpha value is -0.273. The molecule has 90 valence electrons. The first-order valence-electron chi connectivity index (χ1n) is 6.14. The lowest BCUT2D eigenvalue weighted by Gasteiger charge is -2.38. The van der Waals surface area contributed by atoms with Gasteiger partial charge in [0.15, 0.2) is 7.38 Å². The number of rotatable bonds is 4. The third-order valence-corrected chi connectivity index (χ3v) is 12.5. The minimum atomic E-state index is -1.78. The summed E-state index contributed by atoms with van der Waals surface area (Å²) in [7, 11) is -1.78. The highest BCUT2D eigenvalue weighted by molar-refractivity contribution is 7.22. The zero-order valence-electron chi connectivity index (χ0n) is 11.0. The van der Waals surface area contributed by atoms with E-state index in [9.17, 15) is 0 Å². The summed E-state index contributed by atoms with van der Waals surface area (Å²) in [6.45, 7) is 11.4. The molecule has 1 aromatic rings. The fourth-order valence-corrected chi connectivity index (χ4v) is 7.08. The van der Waals surface area contributed by atoms with Gasteiger partial charge in [0.1, 0.15) is 0 Å². The SMILES string of the molecule is CC(C)[Si](Cl)(C(C)C)C(C)c1ccccc1. The second kappa shape index (κ2) is 5.37. The molecule has 1 rings (SSSR count). The van der Waals surface area contributed by atoms with E-state index in [4.69, 9.17) is 11.1 Å². The van der Waals surface area contributed by atoms with Crippen LogP contribution < -0.4 is 0 Å². The van der Waals surface area contributed by atoms with Gasteiger partial charge >= 0.3 is 0 Å². The van der Waals surface area contributed by atoms with Crippen molar-refractivity contribution >= 4 is 18.5 Å². The van der Waals surface area contributed by atoms with Gasteiger partial charge in [-0.05, 0) is 22.2 Å². The summed E-state index contributed by atoms with van der Waals surface area (Å²) >= 11 is 7.03. The van der Waals surface area contributed by atoms with E-state index in [1.165, 1.54) is 5.56 Å². The van der Waals surface area contributed by atoms with E-state index in [2.05, 4.69) is 65.0 Å². The molecule has 0 radical (unpaired) electrons. The fraction of sp³-hybridized carbons (Fsp3) is 0.571. The first kappa shape index (κ1) is 13.8. The summed E-state index contributed by atoms with van der Waals surface area (Å²) in [6, 6.07) is 10.7. The smallest absolute Gasteiger partial charge is 0.166 e. The maximum absolute atomic E-state index is 7.03. The monoisotopic (exact) mass is 254 g/mol. The third kappa shape index (κ3) is 2.52. The molecule has 1 aromatic carbocycles. The highest BCUT2D eigenvalue weighted by Crippen LogP contribution is 2.45. The Morgan fingerprint density at radius 3 is 1.69 bits per heavy atom. The van der Waals surface area contributed by atoms with Crippen LogP contribution in [0.1, 0.15) is 45.7 Å². The molecule has 0 heterocycles. The summed E-state index contributed by atoms with van der Waals surface area (Å²) in [5, 5.41) is 0. The molecular formula is C14H23ClSi. The molecule has 0 saturated heterocycles. The van der Waals surface area contributed by atoms with E-state index in [0.29, 0.717) is 16.6 Å². The molecule has 0 spiro atoms. The topological polar surface area (TPSA) is 0 Å². The van der Waals surface area contributed by atoms with Crippen molar-refractivity contribution in [1.82, 2.24) is 0 Å². The Morgan fingerprint density at radius 2 is 1.31 bits per heavy atom. The van der Waals surface area contributed by atoms with Crippen molar-refractivity contribution in [3.8, 4) is 0 Å². The lowest BCUT2D eigenvalue weighted by atomic mass is 10.2. The van der Waals surface area contributed by atoms with E-state index in [1.807, 2.05) is 0 Å². The van der Waals surface area contributed by atoms with Gasteiger partial charge in [-0.1, -0.05) is 65.0 Å². The number of benzene rings is 1. The normalized spacial score (nSPS) is 14.5. The summed E-state index contributed by atoms with van der Waals surface area (Å²) in [5.41, 5.74) is 3.11. The number of hydrogen-bond acceptors (Lipinski definition) is 0. The largest absolute Gasteiger partial charge is 0.168 e. The lowest BCUT2D eigenvalue weighted by molar-refractivity contribution is 0.849. The molecule has 1 unspecified atom stereocenters. The first-order valence-corrected chi connectivity index (χ1v) is 9.39. The molecule has 0 fully saturated rings. The highest BCUT2D eigenvalue weighted by atomic mass is 35.6. The second-order valence-corrected chi connectivity index (χ2v) is 12.1. The second-order valence-electron chi connectivity index (χ2n) is 5.27. The van der Waals surface area contributed by atoms with Crippen molar-refractivity contribution in [2.45, 2.75) is 51.2 Å². The number of halogens is 1. The highest BCUT2D eigenvalue weighted by Gasteiger charge is 2.43. The van der Waals surface area contributed by atoms with Gasteiger partial charge in [0, 0.05) is 0 Å². The van der Waals surface area contributed by atoms with Crippen molar-refractivity contribution in [2.75, 3.05) is 0 Å². The van der Waals surface area contributed by atoms with Crippen LogP contribution in [0.2, 0.25) is 11.1 Å². The van der Waals surface area contributed by atoms with E-state index in [1.54, 1.807) is 0 Å². The zero-order chi connectivity index (χ0) is 12.3. The van der Waals surface area contributed by atoms with Gasteiger partial charge < -0.3 is 0 Å². The van der Waals surface area contributed by atoms with Gasteiger partial charge in [-0.3, -0.25) is 0 Å².